The van der Waals surface area contributed by atoms with Crippen LogP contribution < -0.4 is 20.1 Å². The van der Waals surface area contributed by atoms with E-state index in [2.05, 4.69) is 10.6 Å². The standard InChI is InChI=1S/C21H32N4O3.HI/c1-4-22-21(24-17-8-9-25(14-17)20(26)15(2)3)23-13-16-6-7-18-19(12-16)28-11-5-10-27-18;/h6-7,12,15,17H,4-5,8-11,13-14H2,1-3H3,(H2,22,23,24);1H. The Labute approximate surface area is 190 Å². The van der Waals surface area contributed by atoms with Crippen molar-refractivity contribution in [3.63, 3.8) is 0 Å². The van der Waals surface area contributed by atoms with Crippen molar-refractivity contribution in [3.05, 3.63) is 23.8 Å². The number of guanidine groups is 1. The number of carbonyl (C=O) groups excluding carboxylic acids is 1. The van der Waals surface area contributed by atoms with Gasteiger partial charge in [-0.25, -0.2) is 4.99 Å². The summed E-state index contributed by atoms with van der Waals surface area (Å²) in [5.41, 5.74) is 1.07. The Kier molecular flexibility index (Phi) is 9.32. The molecule has 8 heteroatoms. The van der Waals surface area contributed by atoms with Crippen LogP contribution in [0.4, 0.5) is 0 Å². The molecule has 1 unspecified atom stereocenters. The summed E-state index contributed by atoms with van der Waals surface area (Å²) in [5, 5.41) is 6.77. The van der Waals surface area contributed by atoms with Crippen molar-refractivity contribution in [2.45, 2.75) is 46.2 Å². The zero-order valence-corrected chi connectivity index (χ0v) is 19.9. The molecule has 0 aromatic heterocycles. The number of nitrogens with one attached hydrogen (secondary N) is 2. The van der Waals surface area contributed by atoms with Gasteiger partial charge in [0.15, 0.2) is 17.5 Å². The highest BCUT2D eigenvalue weighted by Gasteiger charge is 2.27. The fraction of sp³-hybridized carbons (Fsp3) is 0.619. The number of benzene rings is 1. The highest BCUT2D eigenvalue weighted by molar-refractivity contribution is 14.0. The average Bonchev–Trinajstić information content (AvgIpc) is 3.02. The number of ether oxygens (including phenoxy) is 2. The molecule has 0 saturated carbocycles. The lowest BCUT2D eigenvalue weighted by atomic mass is 10.2. The molecule has 3 rings (SSSR count). The lowest BCUT2D eigenvalue weighted by molar-refractivity contribution is -0.133. The molecule has 1 fully saturated rings. The summed E-state index contributed by atoms with van der Waals surface area (Å²) >= 11 is 0. The molecule has 2 aliphatic rings. The van der Waals surface area contributed by atoms with Crippen molar-refractivity contribution in [1.29, 1.82) is 0 Å². The van der Waals surface area contributed by atoms with Gasteiger partial charge in [0.05, 0.1) is 19.8 Å². The van der Waals surface area contributed by atoms with Crippen molar-refractivity contribution in [3.8, 4) is 11.5 Å². The van der Waals surface area contributed by atoms with E-state index in [4.69, 9.17) is 14.5 Å². The summed E-state index contributed by atoms with van der Waals surface area (Å²) in [7, 11) is 0. The van der Waals surface area contributed by atoms with E-state index in [0.29, 0.717) is 19.8 Å². The van der Waals surface area contributed by atoms with E-state index in [0.717, 1.165) is 55.5 Å². The number of hydrogen-bond acceptors (Lipinski definition) is 4. The number of carbonyl (C=O) groups is 1. The highest BCUT2D eigenvalue weighted by atomic mass is 127. The Morgan fingerprint density at radius 3 is 2.76 bits per heavy atom. The maximum absolute atomic E-state index is 12.2. The Balaban J connectivity index is 0.00000300. The van der Waals surface area contributed by atoms with Crippen LogP contribution in [0.3, 0.4) is 0 Å². The van der Waals surface area contributed by atoms with E-state index >= 15 is 0 Å². The number of nitrogens with zero attached hydrogens (tertiary/aromatic N) is 2. The molecule has 0 bridgehead atoms. The number of halogens is 1. The molecule has 2 aliphatic heterocycles. The first-order valence-electron chi connectivity index (χ1n) is 10.3. The lowest BCUT2D eigenvalue weighted by Gasteiger charge is -2.20. The summed E-state index contributed by atoms with van der Waals surface area (Å²) in [6.45, 7) is 10.2. The zero-order chi connectivity index (χ0) is 19.9. The molecule has 1 atom stereocenters. The molecule has 0 aliphatic carbocycles. The Hall–Kier alpha value is -1.71. The Bertz CT molecular complexity index is 711. The van der Waals surface area contributed by atoms with E-state index in [-0.39, 0.29) is 41.8 Å². The average molecular weight is 516 g/mol. The fourth-order valence-corrected chi connectivity index (χ4v) is 3.43. The van der Waals surface area contributed by atoms with Gasteiger partial charge in [-0.3, -0.25) is 4.79 Å². The monoisotopic (exact) mass is 516 g/mol. The number of rotatable bonds is 5. The van der Waals surface area contributed by atoms with E-state index in [1.54, 1.807) is 0 Å². The largest absolute Gasteiger partial charge is 0.490 e. The van der Waals surface area contributed by atoms with Gasteiger partial charge in [0.25, 0.3) is 0 Å². The van der Waals surface area contributed by atoms with Crippen LogP contribution in [0.5, 0.6) is 11.5 Å². The fourth-order valence-electron chi connectivity index (χ4n) is 3.43. The summed E-state index contributed by atoms with van der Waals surface area (Å²) in [6.07, 6.45) is 1.83. The van der Waals surface area contributed by atoms with Crippen LogP contribution >= 0.6 is 24.0 Å². The molecule has 0 spiro atoms. The minimum atomic E-state index is 0. The quantitative estimate of drug-likeness (QED) is 0.358. The maximum atomic E-state index is 12.2. The highest BCUT2D eigenvalue weighted by Crippen LogP contribution is 2.30. The van der Waals surface area contributed by atoms with Crippen LogP contribution in [-0.4, -0.2) is 55.7 Å². The Morgan fingerprint density at radius 2 is 2.03 bits per heavy atom. The number of likely N-dealkylation sites (tertiary alicyclic amines) is 1. The first kappa shape index (κ1) is 23.6. The second-order valence-electron chi connectivity index (χ2n) is 7.60. The third kappa shape index (κ3) is 6.65. The smallest absolute Gasteiger partial charge is 0.225 e. The predicted octanol–water partition coefficient (Wildman–Crippen LogP) is 2.78. The summed E-state index contributed by atoms with van der Waals surface area (Å²) < 4.78 is 11.4. The van der Waals surface area contributed by atoms with Crippen molar-refractivity contribution < 1.29 is 14.3 Å². The number of hydrogen-bond donors (Lipinski definition) is 2. The predicted molar refractivity (Wildman–Crippen MR) is 125 cm³/mol. The SMILES string of the molecule is CCNC(=NCc1ccc2c(c1)OCCCO2)NC1CCN(C(=O)C(C)C)C1.I. The molecule has 7 nitrogen and oxygen atoms in total. The van der Waals surface area contributed by atoms with Gasteiger partial charge in [-0.1, -0.05) is 19.9 Å². The first-order valence-corrected chi connectivity index (χ1v) is 10.3. The minimum Gasteiger partial charge on any atom is -0.490 e. The first-order chi connectivity index (χ1) is 13.6. The summed E-state index contributed by atoms with van der Waals surface area (Å²) in [5.74, 6) is 2.63. The zero-order valence-electron chi connectivity index (χ0n) is 17.6. The number of amides is 1. The van der Waals surface area contributed by atoms with Crippen LogP contribution in [-0.2, 0) is 11.3 Å². The molecule has 1 saturated heterocycles. The molecule has 162 valence electrons. The number of fused-ring (bicyclic) bond motifs is 1. The van der Waals surface area contributed by atoms with Gasteiger partial charge in [-0.2, -0.15) is 0 Å². The molecule has 2 N–H and O–H groups in total. The summed E-state index contributed by atoms with van der Waals surface area (Å²) in [6, 6.07) is 6.22. The molecule has 0 radical (unpaired) electrons. The third-order valence-electron chi connectivity index (χ3n) is 4.91. The van der Waals surface area contributed by atoms with Gasteiger partial charge < -0.3 is 25.0 Å². The van der Waals surface area contributed by atoms with Gasteiger partial charge >= 0.3 is 0 Å². The molecular formula is C21H33IN4O3. The van der Waals surface area contributed by atoms with E-state index in [1.165, 1.54) is 0 Å². The summed E-state index contributed by atoms with van der Waals surface area (Å²) in [4.78, 5) is 18.8. The molecular weight excluding hydrogens is 483 g/mol. The van der Waals surface area contributed by atoms with Crippen LogP contribution in [0.1, 0.15) is 39.2 Å². The van der Waals surface area contributed by atoms with Gasteiger partial charge in [0.2, 0.25) is 5.91 Å². The molecule has 1 amide bonds. The Morgan fingerprint density at radius 1 is 1.28 bits per heavy atom. The van der Waals surface area contributed by atoms with Crippen molar-refractivity contribution in [2.24, 2.45) is 10.9 Å². The number of aliphatic imine (C=N–C) groups is 1. The third-order valence-corrected chi connectivity index (χ3v) is 4.91. The van der Waals surface area contributed by atoms with Crippen LogP contribution in [0.25, 0.3) is 0 Å². The normalized spacial score (nSPS) is 18.8. The van der Waals surface area contributed by atoms with Crippen LogP contribution in [0.2, 0.25) is 0 Å². The minimum absolute atomic E-state index is 0. The van der Waals surface area contributed by atoms with Crippen LogP contribution in [0.15, 0.2) is 23.2 Å². The van der Waals surface area contributed by atoms with Crippen LogP contribution in [0, 0.1) is 5.92 Å². The lowest BCUT2D eigenvalue weighted by Crippen LogP contribution is -2.45. The van der Waals surface area contributed by atoms with Gasteiger partial charge in [-0.05, 0) is 31.0 Å². The molecule has 1 aromatic rings. The van der Waals surface area contributed by atoms with Crippen molar-refractivity contribution >= 4 is 35.8 Å². The second kappa shape index (κ2) is 11.5. The van der Waals surface area contributed by atoms with E-state index in [1.807, 2.05) is 43.9 Å². The second-order valence-corrected chi connectivity index (χ2v) is 7.60. The van der Waals surface area contributed by atoms with E-state index < -0.39 is 0 Å². The van der Waals surface area contributed by atoms with Gasteiger partial charge in [-0.15, -0.1) is 24.0 Å². The van der Waals surface area contributed by atoms with E-state index in [9.17, 15) is 4.79 Å². The van der Waals surface area contributed by atoms with Gasteiger partial charge in [0, 0.05) is 38.0 Å². The molecule has 1 aromatic carbocycles. The van der Waals surface area contributed by atoms with Crippen molar-refractivity contribution in [2.75, 3.05) is 32.8 Å². The topological polar surface area (TPSA) is 75.2 Å². The van der Waals surface area contributed by atoms with Gasteiger partial charge in [0.1, 0.15) is 0 Å². The molecule has 29 heavy (non-hydrogen) atoms. The maximum Gasteiger partial charge on any atom is 0.225 e. The van der Waals surface area contributed by atoms with Crippen molar-refractivity contribution in [1.82, 2.24) is 15.5 Å². The molecule has 2 heterocycles.